The van der Waals surface area contributed by atoms with Crippen molar-refractivity contribution in [3.63, 3.8) is 0 Å². The van der Waals surface area contributed by atoms with Crippen LogP contribution < -0.4 is 0 Å². The number of carbonyl (C=O) groups is 2. The highest BCUT2D eigenvalue weighted by Crippen LogP contribution is 2.37. The number of benzene rings is 3. The molecule has 0 atom stereocenters. The average Bonchev–Trinajstić information content (AvgIpc) is 3.22. The van der Waals surface area contributed by atoms with Gasteiger partial charge in [0.15, 0.2) is 16.6 Å². The first-order valence-corrected chi connectivity index (χ1v) is 28.1. The summed E-state index contributed by atoms with van der Waals surface area (Å²) in [7, 11) is -3.56. The monoisotopic (exact) mass is 870 g/mol. The number of carbonyl (C=O) groups excluding carboxylic acids is 2. The molecule has 330 valence electrons. The summed E-state index contributed by atoms with van der Waals surface area (Å²) < 4.78 is 23.7. The molecule has 0 unspecified atom stereocenters. The summed E-state index contributed by atoms with van der Waals surface area (Å²) in [6.07, 6.45) is 7.61. The Kier molecular flexibility index (Phi) is 21.6. The van der Waals surface area contributed by atoms with Gasteiger partial charge in [-0.25, -0.2) is 9.59 Å². The summed E-state index contributed by atoms with van der Waals surface area (Å²) in [6, 6.07) is 22.0. The van der Waals surface area contributed by atoms with E-state index in [1.807, 2.05) is 48.5 Å². The number of rotatable bonds is 18. The minimum absolute atomic E-state index is 0.187. The molecule has 0 N–H and O–H groups in total. The highest BCUT2D eigenvalue weighted by molar-refractivity contribution is 6.74. The Hall–Kier alpha value is -4.81. The van der Waals surface area contributed by atoms with Gasteiger partial charge in [0.2, 0.25) is 0 Å². The molecule has 0 amide bonds. The maximum Gasteiger partial charge on any atom is 0.338 e. The Balaban J connectivity index is 1.80. The molecule has 3 aromatic carbocycles. The quantitative estimate of drug-likeness (QED) is 0.0549. The van der Waals surface area contributed by atoms with E-state index in [-0.39, 0.29) is 35.2 Å². The van der Waals surface area contributed by atoms with Gasteiger partial charge in [0, 0.05) is 61.2 Å². The van der Waals surface area contributed by atoms with E-state index in [1.165, 1.54) is 0 Å². The lowest BCUT2D eigenvalue weighted by atomic mass is 9.98. The summed E-state index contributed by atoms with van der Waals surface area (Å²) in [5, 5.41) is 0.374. The second-order valence-corrected chi connectivity index (χ2v) is 28.1. The van der Waals surface area contributed by atoms with Crippen LogP contribution in [-0.4, -0.2) is 55.0 Å². The van der Waals surface area contributed by atoms with E-state index in [0.717, 1.165) is 74.0 Å². The molecule has 62 heavy (non-hydrogen) atoms. The number of hydrogen-bond acceptors (Lipinski definition) is 6. The van der Waals surface area contributed by atoms with Crippen molar-refractivity contribution in [1.82, 2.24) is 0 Å². The van der Waals surface area contributed by atoms with Crippen molar-refractivity contribution in [2.45, 2.75) is 142 Å². The maximum absolute atomic E-state index is 12.4. The number of esters is 2. The molecule has 0 saturated carbocycles. The lowest BCUT2D eigenvalue weighted by Crippen LogP contribution is -2.40. The lowest BCUT2D eigenvalue weighted by molar-refractivity contribution is 0.0492. The van der Waals surface area contributed by atoms with Gasteiger partial charge in [-0.1, -0.05) is 125 Å². The summed E-state index contributed by atoms with van der Waals surface area (Å²) >= 11 is 0. The van der Waals surface area contributed by atoms with Crippen molar-refractivity contribution in [2.24, 2.45) is 0 Å². The maximum atomic E-state index is 12.4. The van der Waals surface area contributed by atoms with Gasteiger partial charge < -0.3 is 18.3 Å². The van der Waals surface area contributed by atoms with Crippen molar-refractivity contribution in [2.75, 3.05) is 26.4 Å². The second-order valence-electron chi connectivity index (χ2n) is 18.5. The Bertz CT molecular complexity index is 1980. The summed E-state index contributed by atoms with van der Waals surface area (Å²) in [5.74, 6) is 26.2. The molecule has 0 aromatic heterocycles. The Morgan fingerprint density at radius 3 is 1.06 bits per heavy atom. The molecule has 0 fully saturated rings. The van der Waals surface area contributed by atoms with Crippen LogP contribution in [0.3, 0.4) is 0 Å². The number of ether oxygens (including phenoxy) is 2. The van der Waals surface area contributed by atoms with Crippen molar-refractivity contribution < 1.29 is 27.9 Å². The summed E-state index contributed by atoms with van der Waals surface area (Å²) in [5.41, 5.74) is 4.27. The zero-order chi connectivity index (χ0) is 45.5. The summed E-state index contributed by atoms with van der Waals surface area (Å²) in [4.78, 5) is 24.8. The average molecular weight is 871 g/mol. The fraction of sp³-hybridized carbons (Fsp3) is 0.481. The molecule has 0 bridgehead atoms. The minimum atomic E-state index is -1.78. The van der Waals surface area contributed by atoms with Crippen LogP contribution in [0.1, 0.15) is 149 Å². The van der Waals surface area contributed by atoms with Gasteiger partial charge in [-0.2, -0.15) is 0 Å². The van der Waals surface area contributed by atoms with Crippen molar-refractivity contribution >= 4 is 28.6 Å². The molecule has 3 aromatic rings. The molecular weight excluding hydrogens is 801 g/mol. The fourth-order valence-electron chi connectivity index (χ4n) is 5.33. The Morgan fingerprint density at radius 1 is 0.452 bits per heavy atom. The topological polar surface area (TPSA) is 71.1 Å². The molecule has 0 spiro atoms. The molecule has 0 heterocycles. The van der Waals surface area contributed by atoms with Crippen LogP contribution in [-0.2, 0) is 18.3 Å². The number of hydrogen-bond donors (Lipinski definition) is 0. The zero-order valence-corrected chi connectivity index (χ0v) is 41.3. The van der Waals surface area contributed by atoms with Gasteiger partial charge in [-0.3, -0.25) is 0 Å². The standard InChI is InChI=1S/C54H70O6Si2/c1-53(2,3)61(7,8)59-41-29-13-11-19-35-47-43-49(37-25-17-27-39-57-51(55)45-31-21-15-22-32-45)50(38-26-18-28-40-58-52(56)46-33-23-16-24-34-46)44-48(47)36-20-12-14-30-42-60-62(9,10)54(4,5)6/h15-16,21-24,31-34,43-44H,11-14,17-18,27-30,39-42H2,1-10H3. The van der Waals surface area contributed by atoms with Crippen molar-refractivity contribution in [1.29, 1.82) is 0 Å². The van der Waals surface area contributed by atoms with Crippen LogP contribution in [0.15, 0.2) is 72.8 Å². The second kappa shape index (κ2) is 26.0. The van der Waals surface area contributed by atoms with Gasteiger partial charge in [0.05, 0.1) is 24.3 Å². The first kappa shape index (κ1) is 51.5. The molecule has 0 aliphatic rings. The number of unbranched alkanes of at least 4 members (excludes halogenated alkanes) is 6. The third-order valence-electron chi connectivity index (χ3n) is 11.4. The van der Waals surface area contributed by atoms with Crippen LogP contribution in [0.5, 0.6) is 0 Å². The molecule has 3 rings (SSSR count). The van der Waals surface area contributed by atoms with Crippen LogP contribution >= 0.6 is 0 Å². The minimum Gasteiger partial charge on any atom is -0.462 e. The predicted octanol–water partition coefficient (Wildman–Crippen LogP) is 12.8. The highest BCUT2D eigenvalue weighted by Gasteiger charge is 2.37. The van der Waals surface area contributed by atoms with E-state index < -0.39 is 16.6 Å². The zero-order valence-electron chi connectivity index (χ0n) is 39.3. The van der Waals surface area contributed by atoms with Crippen molar-refractivity contribution in [3.8, 4) is 47.4 Å². The molecular formula is C54H70O6Si2. The smallest absolute Gasteiger partial charge is 0.338 e. The first-order chi connectivity index (χ1) is 29.4. The summed E-state index contributed by atoms with van der Waals surface area (Å²) in [6.45, 7) is 24.8. The van der Waals surface area contributed by atoms with Gasteiger partial charge in [-0.15, -0.1) is 0 Å². The van der Waals surface area contributed by atoms with Crippen LogP contribution in [0.2, 0.25) is 36.3 Å². The van der Waals surface area contributed by atoms with Crippen LogP contribution in [0, 0.1) is 47.4 Å². The van der Waals surface area contributed by atoms with E-state index in [1.54, 1.807) is 24.3 Å². The van der Waals surface area contributed by atoms with Crippen molar-refractivity contribution in [3.05, 3.63) is 106 Å². The molecule has 0 aliphatic carbocycles. The van der Waals surface area contributed by atoms with Gasteiger partial charge >= 0.3 is 11.9 Å². The van der Waals surface area contributed by atoms with Gasteiger partial charge in [0.1, 0.15) is 0 Å². The molecule has 0 saturated heterocycles. The first-order valence-electron chi connectivity index (χ1n) is 22.3. The normalized spacial score (nSPS) is 11.4. The SMILES string of the molecule is CC(C)(C)[Si](C)(C)OCCCCC#Cc1cc(C#CCCCOC(=O)c2ccccc2)c(C#CCCCOC(=O)c2ccccc2)cc1C#CCCCCO[Si](C)(C)C(C)(C)C. The third-order valence-corrected chi connectivity index (χ3v) is 20.4. The third kappa shape index (κ3) is 18.7. The van der Waals surface area contributed by atoms with Gasteiger partial charge in [0.25, 0.3) is 0 Å². The molecule has 0 radical (unpaired) electrons. The van der Waals surface area contributed by atoms with Crippen LogP contribution in [0.4, 0.5) is 0 Å². The highest BCUT2D eigenvalue weighted by atomic mass is 28.4. The van der Waals surface area contributed by atoms with E-state index in [9.17, 15) is 9.59 Å². The largest absolute Gasteiger partial charge is 0.462 e. The fourth-order valence-corrected chi connectivity index (χ4v) is 7.50. The molecule has 6 nitrogen and oxygen atoms in total. The van der Waals surface area contributed by atoms with E-state index in [4.69, 9.17) is 18.3 Å². The Labute approximate surface area is 376 Å². The van der Waals surface area contributed by atoms with E-state index in [0.29, 0.717) is 36.8 Å². The van der Waals surface area contributed by atoms with E-state index >= 15 is 0 Å². The van der Waals surface area contributed by atoms with Gasteiger partial charge in [-0.05, 0) is 111 Å². The predicted molar refractivity (Wildman–Crippen MR) is 260 cm³/mol. The Morgan fingerprint density at radius 2 is 0.758 bits per heavy atom. The van der Waals surface area contributed by atoms with Crippen LogP contribution in [0.25, 0.3) is 0 Å². The van der Waals surface area contributed by atoms with E-state index in [2.05, 4.69) is 115 Å². The molecule has 8 heteroatoms. The lowest BCUT2D eigenvalue weighted by Gasteiger charge is -2.36. The molecule has 0 aliphatic heterocycles.